The van der Waals surface area contributed by atoms with Gasteiger partial charge in [0.15, 0.2) is 0 Å². The molecule has 22 N–H and O–H groups in total. The van der Waals surface area contributed by atoms with Crippen molar-refractivity contribution in [2.75, 3.05) is 26.2 Å². The van der Waals surface area contributed by atoms with E-state index < -0.39 is 151 Å². The van der Waals surface area contributed by atoms with Crippen LogP contribution >= 0.6 is 0 Å². The highest BCUT2D eigenvalue weighted by Gasteiger charge is 2.36. The zero-order chi connectivity index (χ0) is 54.9. The normalized spacial score (nSPS) is 14.2. The number of carboxylic acids is 4. The van der Waals surface area contributed by atoms with E-state index >= 15 is 0 Å². The number of carbonyl (C=O) groups is 13. The summed E-state index contributed by atoms with van der Waals surface area (Å²) >= 11 is 0. The molecule has 0 aromatic heterocycles. The predicted molar refractivity (Wildman–Crippen MR) is 251 cm³/mol. The van der Waals surface area contributed by atoms with Gasteiger partial charge in [-0.05, 0) is 103 Å². The minimum atomic E-state index is -1.99. The lowest BCUT2D eigenvalue weighted by molar-refractivity contribution is -0.142. The van der Waals surface area contributed by atoms with Gasteiger partial charge in [0, 0.05) is 6.92 Å². The van der Waals surface area contributed by atoms with Gasteiger partial charge in [0.1, 0.15) is 48.3 Å². The second-order valence-corrected chi connectivity index (χ2v) is 16.6. The number of amides is 9. The summed E-state index contributed by atoms with van der Waals surface area (Å²) in [5, 5.41) is 56.2. The second-order valence-electron chi connectivity index (χ2n) is 16.6. The highest BCUT2D eigenvalue weighted by Crippen LogP contribution is 2.10. The molecule has 30 nitrogen and oxygen atoms in total. The third-order valence-electron chi connectivity index (χ3n) is 10.5. The largest absolute Gasteiger partial charge is 0.481 e. The number of hydrogen-bond acceptors (Lipinski definition) is 17. The van der Waals surface area contributed by atoms with E-state index in [9.17, 15) is 82.8 Å². The molecule has 0 spiro atoms. The fourth-order valence-electron chi connectivity index (χ4n) is 6.75. The summed E-state index contributed by atoms with van der Waals surface area (Å²) in [6, 6.07) is -13.5. The molecule has 0 saturated heterocycles. The number of carbonyl (C=O) groups excluding carboxylic acids is 9. The zero-order valence-corrected chi connectivity index (χ0v) is 40.2. The number of hydrogen-bond donors (Lipinski definition) is 17. The van der Waals surface area contributed by atoms with Crippen molar-refractivity contribution in [3.8, 4) is 0 Å². The van der Waals surface area contributed by atoms with Crippen LogP contribution in [-0.4, -0.2) is 172 Å². The first-order valence-electron chi connectivity index (χ1n) is 23.3. The first-order valence-corrected chi connectivity index (χ1v) is 23.3. The van der Waals surface area contributed by atoms with Crippen LogP contribution in [0.5, 0.6) is 0 Å². The summed E-state index contributed by atoms with van der Waals surface area (Å²) in [6.07, 6.45) is -2.52. The highest BCUT2D eigenvalue weighted by atomic mass is 16.4. The van der Waals surface area contributed by atoms with Crippen molar-refractivity contribution < 1.29 is 82.8 Å². The van der Waals surface area contributed by atoms with Crippen LogP contribution in [0.3, 0.4) is 0 Å². The lowest BCUT2D eigenvalue weighted by atomic mass is 10.0. The molecule has 408 valence electrons. The fraction of sp³-hybridized carbons (Fsp3) is 0.690. The average Bonchev–Trinajstić information content (AvgIpc) is 3.28. The van der Waals surface area contributed by atoms with Gasteiger partial charge in [0.25, 0.3) is 0 Å². The maximum Gasteiger partial charge on any atom is 0.305 e. The Bertz CT molecular complexity index is 1860. The van der Waals surface area contributed by atoms with E-state index in [0.717, 1.165) is 6.92 Å². The number of nitrogens with two attached hydrogens (primary N) is 5. The Morgan fingerprint density at radius 1 is 0.319 bits per heavy atom. The van der Waals surface area contributed by atoms with E-state index in [1.807, 2.05) is 0 Å². The Hall–Kier alpha value is -7.05. The molecule has 0 aromatic rings. The van der Waals surface area contributed by atoms with Crippen molar-refractivity contribution in [3.05, 3.63) is 0 Å². The molecule has 0 radical (unpaired) electrons. The fourth-order valence-corrected chi connectivity index (χ4v) is 6.75. The Morgan fingerprint density at radius 3 is 0.722 bits per heavy atom. The maximum atomic E-state index is 13.9. The molecule has 0 bridgehead atoms. The summed E-state index contributed by atoms with van der Waals surface area (Å²) in [7, 11) is 0. The Balaban J connectivity index is 6.75. The quantitative estimate of drug-likeness (QED) is 0.0254. The Labute approximate surface area is 414 Å². The van der Waals surface area contributed by atoms with Crippen LogP contribution in [0.25, 0.3) is 0 Å². The first-order chi connectivity index (χ1) is 33.9. The lowest BCUT2D eigenvalue weighted by Gasteiger charge is -2.27. The van der Waals surface area contributed by atoms with Crippen LogP contribution in [0.1, 0.15) is 110 Å². The molecular formula is C42H73N13O17. The number of aliphatic carboxylic acids is 4. The predicted octanol–water partition coefficient (Wildman–Crippen LogP) is -6.22. The molecule has 72 heavy (non-hydrogen) atoms. The summed E-state index contributed by atoms with van der Waals surface area (Å²) in [4.78, 5) is 166. The summed E-state index contributed by atoms with van der Waals surface area (Å²) in [5.74, 6) is -16.2. The van der Waals surface area contributed by atoms with Crippen molar-refractivity contribution in [2.45, 2.75) is 158 Å². The van der Waals surface area contributed by atoms with Gasteiger partial charge in [0.05, 0.1) is 25.7 Å². The van der Waals surface area contributed by atoms with Gasteiger partial charge in [-0.3, -0.25) is 62.3 Å². The summed E-state index contributed by atoms with van der Waals surface area (Å²) < 4.78 is 0. The smallest absolute Gasteiger partial charge is 0.305 e. The zero-order valence-electron chi connectivity index (χ0n) is 40.2. The highest BCUT2D eigenvalue weighted by molar-refractivity contribution is 6.00. The van der Waals surface area contributed by atoms with Crippen LogP contribution in [0.2, 0.25) is 0 Å². The summed E-state index contributed by atoms with van der Waals surface area (Å²) in [5.41, 5.74) is 27.7. The standard InChI is InChI=1S/C42H73N13O17/c1-22(56)48-27(18-31(57)58)39(69)50-24(11-3-7-15-44)36(66)54-29(20-33(61)62)41(71)52-26(13-5-9-17-46)38(68)55-30(21-34(63)64)42(72)51-25(12-4-8-16-45)37(67)53-28(19-32(59)60)40(70)49-23(35(47)65)10-2-6-14-43/h23-30H,2-21,43-46H2,1H3,(H2,47,65)(H,48,56)(H,49,70)(H,50,69)(H,51,72)(H,52,71)(H,53,67)(H,54,66)(H,55,68)(H,57,58)(H,59,60)(H,61,62)(H,63,64)/t23-,24-,25-,26-,27-,28-,29-,30-/m0/s1. The molecule has 9 amide bonds. The van der Waals surface area contributed by atoms with E-state index in [1.54, 1.807) is 0 Å². The van der Waals surface area contributed by atoms with E-state index in [1.165, 1.54) is 0 Å². The van der Waals surface area contributed by atoms with Gasteiger partial charge in [-0.2, -0.15) is 0 Å². The monoisotopic (exact) mass is 1030 g/mol. The lowest BCUT2D eigenvalue weighted by Crippen LogP contribution is -2.60. The Morgan fingerprint density at radius 2 is 0.514 bits per heavy atom. The van der Waals surface area contributed by atoms with Crippen molar-refractivity contribution >= 4 is 77.0 Å². The van der Waals surface area contributed by atoms with E-state index in [0.29, 0.717) is 25.7 Å². The second kappa shape index (κ2) is 36.0. The SMILES string of the molecule is CC(=O)N[C@@H](CC(=O)O)C(=O)N[C@@H](CCCCN)C(=O)N[C@@H](CC(=O)O)C(=O)N[C@@H](CCCCN)C(=O)N[C@@H](CC(=O)O)C(=O)N[C@@H](CCCCN)C(=O)N[C@@H](CC(=O)O)C(=O)N[C@@H](CCCCN)C(N)=O. The minimum absolute atomic E-state index is 0.0386. The van der Waals surface area contributed by atoms with Crippen LogP contribution in [0, 0.1) is 0 Å². The molecule has 0 rings (SSSR count). The van der Waals surface area contributed by atoms with E-state index in [-0.39, 0.29) is 77.5 Å². The van der Waals surface area contributed by atoms with Gasteiger partial charge in [0.2, 0.25) is 53.2 Å². The maximum absolute atomic E-state index is 13.9. The first kappa shape index (κ1) is 65.0. The minimum Gasteiger partial charge on any atom is -0.481 e. The molecular weight excluding hydrogens is 959 g/mol. The van der Waals surface area contributed by atoms with Crippen LogP contribution in [0.4, 0.5) is 0 Å². The van der Waals surface area contributed by atoms with Crippen molar-refractivity contribution in [3.63, 3.8) is 0 Å². The number of primary amides is 1. The number of rotatable bonds is 40. The molecule has 0 aliphatic carbocycles. The molecule has 0 saturated carbocycles. The topological polar surface area (TPSA) is 529 Å². The van der Waals surface area contributed by atoms with Crippen LogP contribution < -0.4 is 71.2 Å². The van der Waals surface area contributed by atoms with Crippen molar-refractivity contribution in [1.82, 2.24) is 42.5 Å². The van der Waals surface area contributed by atoms with Gasteiger partial charge in [-0.25, -0.2) is 0 Å². The number of nitrogens with one attached hydrogen (secondary N) is 8. The van der Waals surface area contributed by atoms with Crippen LogP contribution in [0.15, 0.2) is 0 Å². The molecule has 0 aliphatic rings. The number of carboxylic acid groups (broad SMARTS) is 4. The van der Waals surface area contributed by atoms with Gasteiger partial charge in [-0.1, -0.05) is 0 Å². The van der Waals surface area contributed by atoms with E-state index in [2.05, 4.69) is 42.5 Å². The molecule has 0 aliphatic heterocycles. The van der Waals surface area contributed by atoms with Gasteiger partial charge >= 0.3 is 23.9 Å². The van der Waals surface area contributed by atoms with Crippen LogP contribution in [-0.2, 0) is 62.3 Å². The third kappa shape index (κ3) is 28.0. The average molecular weight is 1030 g/mol. The molecule has 0 fully saturated rings. The molecule has 0 heterocycles. The van der Waals surface area contributed by atoms with E-state index in [4.69, 9.17) is 28.7 Å². The summed E-state index contributed by atoms with van der Waals surface area (Å²) in [6.45, 7) is 1.65. The van der Waals surface area contributed by atoms with Crippen molar-refractivity contribution in [2.24, 2.45) is 28.7 Å². The van der Waals surface area contributed by atoms with Crippen molar-refractivity contribution in [1.29, 1.82) is 0 Å². The number of unbranched alkanes of at least 4 members (excludes halogenated alkanes) is 4. The molecule has 0 unspecified atom stereocenters. The van der Waals surface area contributed by atoms with Gasteiger partial charge in [-0.15, -0.1) is 0 Å². The third-order valence-corrected chi connectivity index (χ3v) is 10.5. The molecule has 0 aromatic carbocycles. The Kier molecular flexibility index (Phi) is 32.4. The molecule has 8 atom stereocenters. The molecule has 30 heteroatoms. The van der Waals surface area contributed by atoms with Gasteiger partial charge < -0.3 is 91.6 Å².